The average Bonchev–Trinajstić information content (AvgIpc) is 3.52. The van der Waals surface area contributed by atoms with Crippen LogP contribution in [0.4, 0.5) is 10.1 Å². The molecule has 0 saturated carbocycles. The lowest BCUT2D eigenvalue weighted by Gasteiger charge is -2.06. The highest BCUT2D eigenvalue weighted by molar-refractivity contribution is 5.99. The predicted molar refractivity (Wildman–Crippen MR) is 146 cm³/mol. The molecule has 8 nitrogen and oxygen atoms in total. The maximum absolute atomic E-state index is 14.1. The van der Waals surface area contributed by atoms with Crippen molar-refractivity contribution < 1.29 is 9.18 Å². The first kappa shape index (κ1) is 23.5. The number of amides is 1. The largest absolute Gasteiger partial charge is 0.353 e. The second-order valence-electron chi connectivity index (χ2n) is 9.25. The van der Waals surface area contributed by atoms with Gasteiger partial charge in [0.1, 0.15) is 17.0 Å². The molecule has 9 heteroatoms. The van der Waals surface area contributed by atoms with Crippen LogP contribution in [-0.2, 0) is 4.79 Å². The van der Waals surface area contributed by atoms with Crippen LogP contribution in [0.25, 0.3) is 55.8 Å². The van der Waals surface area contributed by atoms with E-state index in [-0.39, 0.29) is 11.7 Å². The van der Waals surface area contributed by atoms with Crippen LogP contribution in [0.1, 0.15) is 25.3 Å². The summed E-state index contributed by atoms with van der Waals surface area (Å²) in [5, 5.41) is 11.3. The Morgan fingerprint density at radius 1 is 1.00 bits per heavy atom. The number of nitrogens with one attached hydrogen (secondary N) is 3. The Kier molecular flexibility index (Phi) is 5.88. The van der Waals surface area contributed by atoms with Crippen molar-refractivity contribution in [3.8, 4) is 33.9 Å². The van der Waals surface area contributed by atoms with Gasteiger partial charge in [-0.05, 0) is 67.4 Å². The Labute approximate surface area is 217 Å². The molecule has 6 aromatic rings. The number of anilines is 1. The molecule has 0 bridgehead atoms. The second kappa shape index (κ2) is 9.51. The van der Waals surface area contributed by atoms with Crippen LogP contribution in [0.2, 0.25) is 0 Å². The summed E-state index contributed by atoms with van der Waals surface area (Å²) in [7, 11) is 0. The monoisotopic (exact) mass is 505 g/mol. The maximum atomic E-state index is 14.1. The molecule has 1 amide bonds. The minimum absolute atomic E-state index is 0.0481. The lowest BCUT2D eigenvalue weighted by molar-refractivity contribution is -0.116. The lowest BCUT2D eigenvalue weighted by Crippen LogP contribution is -2.10. The van der Waals surface area contributed by atoms with E-state index in [0.29, 0.717) is 40.3 Å². The van der Waals surface area contributed by atoms with Gasteiger partial charge in [-0.25, -0.2) is 9.37 Å². The van der Waals surface area contributed by atoms with Crippen LogP contribution in [0, 0.1) is 12.7 Å². The van der Waals surface area contributed by atoms with Crippen molar-refractivity contribution in [3.63, 3.8) is 0 Å². The fourth-order valence-corrected chi connectivity index (χ4v) is 4.63. The molecule has 0 unspecified atom stereocenters. The molecule has 0 fully saturated rings. The number of aryl methyl sites for hydroxylation is 1. The third kappa shape index (κ3) is 4.39. The van der Waals surface area contributed by atoms with Crippen molar-refractivity contribution in [1.29, 1.82) is 0 Å². The number of aromatic nitrogens is 6. The van der Waals surface area contributed by atoms with Gasteiger partial charge in [0.05, 0.1) is 34.5 Å². The summed E-state index contributed by atoms with van der Waals surface area (Å²) >= 11 is 0. The number of fused-ring (bicyclic) bond motifs is 2. The number of halogens is 1. The molecule has 0 aliphatic rings. The van der Waals surface area contributed by atoms with Crippen molar-refractivity contribution in [3.05, 3.63) is 78.5 Å². The number of hydrogen-bond acceptors (Lipinski definition) is 5. The quantitative estimate of drug-likeness (QED) is 0.242. The molecular weight excluding hydrogens is 481 g/mol. The van der Waals surface area contributed by atoms with Crippen molar-refractivity contribution in [2.75, 3.05) is 5.32 Å². The van der Waals surface area contributed by atoms with Gasteiger partial charge < -0.3 is 10.3 Å². The first-order valence-corrected chi connectivity index (χ1v) is 12.3. The number of nitrogens with zero attached hydrogens (tertiary/aromatic N) is 4. The van der Waals surface area contributed by atoms with Gasteiger partial charge in [-0.3, -0.25) is 19.9 Å². The molecule has 3 N–H and O–H groups in total. The lowest BCUT2D eigenvalue weighted by atomic mass is 10.0. The number of hydrogen-bond donors (Lipinski definition) is 3. The first-order chi connectivity index (χ1) is 18.5. The van der Waals surface area contributed by atoms with Crippen LogP contribution in [0.5, 0.6) is 0 Å². The first-order valence-electron chi connectivity index (χ1n) is 12.3. The summed E-state index contributed by atoms with van der Waals surface area (Å²) < 4.78 is 14.1. The number of aromatic amines is 2. The number of rotatable bonds is 6. The highest BCUT2D eigenvalue weighted by Crippen LogP contribution is 2.33. The Balaban J connectivity index is 1.41. The highest BCUT2D eigenvalue weighted by atomic mass is 19.1. The van der Waals surface area contributed by atoms with Crippen molar-refractivity contribution in [2.24, 2.45) is 0 Å². The standard InChI is InChI=1S/C29H24FN7O/c1-3-4-26(38)33-20-12-18(14-31-15-20)22-5-6-24-28(35-22)29(37-36-24)25-13-21-23(34-25)7-8-32-27(21)17-9-16(2)10-19(30)11-17/h5-15,34H,3-4H2,1-2H3,(H,33,38)(H,36,37). The van der Waals surface area contributed by atoms with E-state index < -0.39 is 0 Å². The molecular formula is C29H24FN7O. The van der Waals surface area contributed by atoms with Gasteiger partial charge in [0.2, 0.25) is 5.91 Å². The van der Waals surface area contributed by atoms with Crippen molar-refractivity contribution in [1.82, 2.24) is 30.1 Å². The molecule has 1 aromatic carbocycles. The third-order valence-electron chi connectivity index (χ3n) is 6.32. The van der Waals surface area contributed by atoms with Gasteiger partial charge in [0.25, 0.3) is 0 Å². The Morgan fingerprint density at radius 2 is 1.89 bits per heavy atom. The molecule has 5 aromatic heterocycles. The van der Waals surface area contributed by atoms with Gasteiger partial charge in [-0.1, -0.05) is 6.92 Å². The molecule has 0 aliphatic heterocycles. The van der Waals surface area contributed by atoms with Gasteiger partial charge in [0, 0.05) is 40.8 Å². The SMILES string of the molecule is CCCC(=O)Nc1cncc(-c2ccc3[nH]nc(-c4cc5c(-c6cc(C)cc(F)c6)nccc5[nH]4)c3n2)c1. The zero-order valence-electron chi connectivity index (χ0n) is 20.8. The fraction of sp³-hybridized carbons (Fsp3) is 0.138. The molecule has 0 radical (unpaired) electrons. The smallest absolute Gasteiger partial charge is 0.224 e. The summed E-state index contributed by atoms with van der Waals surface area (Å²) in [6.07, 6.45) is 6.26. The van der Waals surface area contributed by atoms with Crippen LogP contribution in [0.3, 0.4) is 0 Å². The maximum Gasteiger partial charge on any atom is 0.224 e. The number of H-pyrrole nitrogens is 2. The van der Waals surface area contributed by atoms with Crippen LogP contribution >= 0.6 is 0 Å². The minimum atomic E-state index is -0.298. The zero-order chi connectivity index (χ0) is 26.2. The van der Waals surface area contributed by atoms with E-state index in [4.69, 9.17) is 4.98 Å². The van der Waals surface area contributed by atoms with E-state index in [1.165, 1.54) is 12.1 Å². The number of benzene rings is 1. The van der Waals surface area contributed by atoms with E-state index in [9.17, 15) is 9.18 Å². The predicted octanol–water partition coefficient (Wildman–Crippen LogP) is 6.42. The Morgan fingerprint density at radius 3 is 2.74 bits per heavy atom. The van der Waals surface area contributed by atoms with Gasteiger partial charge >= 0.3 is 0 Å². The van der Waals surface area contributed by atoms with Crippen molar-refractivity contribution >= 4 is 33.5 Å². The zero-order valence-corrected chi connectivity index (χ0v) is 20.8. The molecule has 0 atom stereocenters. The average molecular weight is 506 g/mol. The highest BCUT2D eigenvalue weighted by Gasteiger charge is 2.16. The summed E-state index contributed by atoms with van der Waals surface area (Å²) in [5.74, 6) is -0.346. The summed E-state index contributed by atoms with van der Waals surface area (Å²) in [4.78, 5) is 29.2. The summed E-state index contributed by atoms with van der Waals surface area (Å²) in [5.41, 5.74) is 8.07. The second-order valence-corrected chi connectivity index (χ2v) is 9.25. The fourth-order valence-electron chi connectivity index (χ4n) is 4.63. The number of carbonyl (C=O) groups excluding carboxylic acids is 1. The number of carbonyl (C=O) groups is 1. The van der Waals surface area contributed by atoms with Crippen LogP contribution in [-0.4, -0.2) is 36.0 Å². The van der Waals surface area contributed by atoms with Gasteiger partial charge in [-0.2, -0.15) is 5.10 Å². The van der Waals surface area contributed by atoms with Gasteiger partial charge in [0.15, 0.2) is 0 Å². The minimum Gasteiger partial charge on any atom is -0.353 e. The topological polar surface area (TPSA) is 112 Å². The molecule has 5 heterocycles. The normalized spacial score (nSPS) is 11.3. The van der Waals surface area contributed by atoms with Gasteiger partial charge in [-0.15, -0.1) is 0 Å². The van der Waals surface area contributed by atoms with E-state index in [1.54, 1.807) is 18.6 Å². The van der Waals surface area contributed by atoms with E-state index in [2.05, 4.69) is 30.5 Å². The molecule has 38 heavy (non-hydrogen) atoms. The van der Waals surface area contributed by atoms with E-state index in [0.717, 1.165) is 39.7 Å². The third-order valence-corrected chi connectivity index (χ3v) is 6.32. The number of pyridine rings is 3. The summed E-state index contributed by atoms with van der Waals surface area (Å²) in [6, 6.07) is 14.4. The summed E-state index contributed by atoms with van der Waals surface area (Å²) in [6.45, 7) is 3.82. The molecule has 0 aliphatic carbocycles. The molecule has 6 rings (SSSR count). The Bertz CT molecular complexity index is 1800. The van der Waals surface area contributed by atoms with Crippen LogP contribution < -0.4 is 5.32 Å². The molecule has 188 valence electrons. The van der Waals surface area contributed by atoms with Crippen LogP contribution in [0.15, 0.2) is 67.1 Å². The van der Waals surface area contributed by atoms with E-state index >= 15 is 0 Å². The van der Waals surface area contributed by atoms with E-state index in [1.807, 2.05) is 50.2 Å². The Hall–Kier alpha value is -4.92. The molecule has 0 saturated heterocycles. The van der Waals surface area contributed by atoms with Crippen molar-refractivity contribution in [2.45, 2.75) is 26.7 Å². The molecule has 0 spiro atoms.